The van der Waals surface area contributed by atoms with Gasteiger partial charge in [0.15, 0.2) is 11.7 Å². The molecule has 0 saturated carbocycles. The molecule has 2 heterocycles. The molecule has 0 unspecified atom stereocenters. The van der Waals surface area contributed by atoms with E-state index in [2.05, 4.69) is 4.99 Å². The summed E-state index contributed by atoms with van der Waals surface area (Å²) in [4.78, 5) is 42.0. The molecule has 0 aromatic heterocycles. The molecule has 0 aliphatic carbocycles. The van der Waals surface area contributed by atoms with Crippen molar-refractivity contribution in [3.63, 3.8) is 0 Å². The van der Waals surface area contributed by atoms with Crippen molar-refractivity contribution in [3.8, 4) is 5.75 Å². The molecule has 0 spiro atoms. The number of methoxy groups -OCH3 is 1. The summed E-state index contributed by atoms with van der Waals surface area (Å²) in [5.74, 6) is -2.51. The van der Waals surface area contributed by atoms with Gasteiger partial charge in [0.2, 0.25) is 0 Å². The van der Waals surface area contributed by atoms with Gasteiger partial charge in [0.25, 0.3) is 11.8 Å². The molecule has 1 aromatic carbocycles. The van der Waals surface area contributed by atoms with Gasteiger partial charge in [0, 0.05) is 11.8 Å². The number of allylic oxidation sites excluding steroid dienone is 2. The minimum atomic E-state index is -1.44. The van der Waals surface area contributed by atoms with E-state index in [1.54, 1.807) is 30.4 Å². The molecule has 0 bridgehead atoms. The number of Topliss-reactive ketones (excluding diaryl/α,β-unsaturated/α-hetero) is 1. The molecule has 0 fully saturated rings. The van der Waals surface area contributed by atoms with Crippen LogP contribution in [0.15, 0.2) is 53.7 Å². The summed E-state index contributed by atoms with van der Waals surface area (Å²) in [6.07, 6.45) is 6.34. The van der Waals surface area contributed by atoms with Crippen LogP contribution in [0, 0.1) is 5.92 Å². The number of hydrogen-bond acceptors (Lipinski definition) is 4. The fourth-order valence-electron chi connectivity index (χ4n) is 2.28. The van der Waals surface area contributed by atoms with Crippen molar-refractivity contribution in [1.29, 1.82) is 0 Å². The number of fused-ring (bicyclic) bond motifs is 1. The van der Waals surface area contributed by atoms with Gasteiger partial charge in [-0.15, -0.1) is 0 Å². The minimum Gasteiger partial charge on any atom is -0.497 e. The van der Waals surface area contributed by atoms with Crippen LogP contribution in [0.4, 0.5) is 0 Å². The van der Waals surface area contributed by atoms with Crippen molar-refractivity contribution < 1.29 is 19.1 Å². The van der Waals surface area contributed by atoms with Crippen LogP contribution in [0.5, 0.6) is 5.75 Å². The maximum Gasteiger partial charge on any atom is 0.268 e. The maximum atomic E-state index is 12.5. The third-order valence-electron chi connectivity index (χ3n) is 3.43. The number of ether oxygens (including phenoxy) is 1. The summed E-state index contributed by atoms with van der Waals surface area (Å²) >= 11 is 0. The topological polar surface area (TPSA) is 76.0 Å². The Kier molecular flexibility index (Phi) is 3.42. The van der Waals surface area contributed by atoms with E-state index in [-0.39, 0.29) is 11.4 Å². The molecular formula is C16H12N2O4. The zero-order valence-corrected chi connectivity index (χ0v) is 11.7. The van der Waals surface area contributed by atoms with Crippen LogP contribution in [-0.4, -0.2) is 35.4 Å². The highest BCUT2D eigenvalue weighted by Gasteiger charge is 2.42. The molecule has 6 nitrogen and oxygen atoms in total. The summed E-state index contributed by atoms with van der Waals surface area (Å²) in [5, 5.41) is 0. The van der Waals surface area contributed by atoms with E-state index in [9.17, 15) is 14.4 Å². The number of amidine groups is 1. The lowest BCUT2D eigenvalue weighted by Crippen LogP contribution is -2.47. The van der Waals surface area contributed by atoms with Gasteiger partial charge in [-0.1, -0.05) is 6.08 Å². The number of ketones is 1. The van der Waals surface area contributed by atoms with Crippen LogP contribution in [0.1, 0.15) is 10.4 Å². The van der Waals surface area contributed by atoms with Crippen LogP contribution < -0.4 is 4.74 Å². The fraction of sp³-hybridized carbons (Fsp3) is 0.125. The summed E-state index contributed by atoms with van der Waals surface area (Å²) in [7, 11) is 1.51. The van der Waals surface area contributed by atoms with Crippen LogP contribution in [-0.2, 0) is 9.59 Å². The SMILES string of the molecule is COc1ccc(C(=O)[C@H]2C(=O)N=C3C=CC=CN3C2=O)cc1. The van der Waals surface area contributed by atoms with E-state index in [0.717, 1.165) is 0 Å². The number of amides is 2. The maximum absolute atomic E-state index is 12.5. The molecule has 0 N–H and O–H groups in total. The largest absolute Gasteiger partial charge is 0.497 e. The number of rotatable bonds is 3. The van der Waals surface area contributed by atoms with Crippen molar-refractivity contribution in [1.82, 2.24) is 4.90 Å². The Hall–Kier alpha value is -3.02. The first kappa shape index (κ1) is 13.9. The van der Waals surface area contributed by atoms with Crippen molar-refractivity contribution in [2.75, 3.05) is 7.11 Å². The molecule has 6 heteroatoms. The van der Waals surface area contributed by atoms with E-state index in [1.807, 2.05) is 0 Å². The molecule has 0 radical (unpaired) electrons. The fourth-order valence-corrected chi connectivity index (χ4v) is 2.28. The summed E-state index contributed by atoms with van der Waals surface area (Å²) < 4.78 is 5.02. The van der Waals surface area contributed by atoms with Gasteiger partial charge < -0.3 is 4.74 Å². The van der Waals surface area contributed by atoms with E-state index in [1.165, 1.54) is 30.3 Å². The van der Waals surface area contributed by atoms with Crippen molar-refractivity contribution in [2.24, 2.45) is 10.9 Å². The van der Waals surface area contributed by atoms with Crippen molar-refractivity contribution >= 4 is 23.4 Å². The van der Waals surface area contributed by atoms with Gasteiger partial charge in [-0.2, -0.15) is 4.99 Å². The third kappa shape index (κ3) is 2.24. The zero-order chi connectivity index (χ0) is 15.7. The molecule has 110 valence electrons. The van der Waals surface area contributed by atoms with Gasteiger partial charge in [-0.3, -0.25) is 19.3 Å². The van der Waals surface area contributed by atoms with Crippen LogP contribution in [0.2, 0.25) is 0 Å². The first-order chi connectivity index (χ1) is 10.6. The number of carbonyl (C=O) groups is 3. The van der Waals surface area contributed by atoms with Crippen molar-refractivity contribution in [2.45, 2.75) is 0 Å². The van der Waals surface area contributed by atoms with Crippen LogP contribution in [0.25, 0.3) is 0 Å². The Morgan fingerprint density at radius 1 is 1.18 bits per heavy atom. The highest BCUT2D eigenvalue weighted by atomic mass is 16.5. The zero-order valence-electron chi connectivity index (χ0n) is 11.7. The highest BCUT2D eigenvalue weighted by molar-refractivity contribution is 6.30. The smallest absolute Gasteiger partial charge is 0.268 e. The van der Waals surface area contributed by atoms with Crippen LogP contribution in [0.3, 0.4) is 0 Å². The van der Waals surface area contributed by atoms with Gasteiger partial charge in [-0.05, 0) is 36.4 Å². The van der Waals surface area contributed by atoms with E-state index in [0.29, 0.717) is 5.75 Å². The molecule has 1 atom stereocenters. The molecule has 22 heavy (non-hydrogen) atoms. The first-order valence-electron chi connectivity index (χ1n) is 6.60. The van der Waals surface area contributed by atoms with E-state index < -0.39 is 23.5 Å². The minimum absolute atomic E-state index is 0.233. The lowest BCUT2D eigenvalue weighted by atomic mass is 9.94. The average molecular weight is 296 g/mol. The third-order valence-corrected chi connectivity index (χ3v) is 3.43. The normalized spacial score (nSPS) is 19.8. The number of aliphatic imine (C=N–C) groups is 1. The average Bonchev–Trinajstić information content (AvgIpc) is 2.55. The lowest BCUT2D eigenvalue weighted by molar-refractivity contribution is -0.135. The molecule has 0 saturated heterocycles. The quantitative estimate of drug-likeness (QED) is 0.623. The molecule has 2 amide bonds. The summed E-state index contributed by atoms with van der Waals surface area (Å²) in [6.45, 7) is 0. The lowest BCUT2D eigenvalue weighted by Gasteiger charge is -2.27. The number of nitrogens with zero attached hydrogens (tertiary/aromatic N) is 2. The monoisotopic (exact) mass is 296 g/mol. The summed E-state index contributed by atoms with van der Waals surface area (Å²) in [6, 6.07) is 6.24. The highest BCUT2D eigenvalue weighted by Crippen LogP contribution is 2.22. The summed E-state index contributed by atoms with van der Waals surface area (Å²) in [5.41, 5.74) is 0.266. The Morgan fingerprint density at radius 2 is 1.91 bits per heavy atom. The van der Waals surface area contributed by atoms with Gasteiger partial charge in [0.1, 0.15) is 11.6 Å². The Balaban J connectivity index is 1.93. The first-order valence-corrected chi connectivity index (χ1v) is 6.60. The van der Waals surface area contributed by atoms with Gasteiger partial charge in [0.05, 0.1) is 7.11 Å². The second kappa shape index (κ2) is 5.40. The van der Waals surface area contributed by atoms with Gasteiger partial charge in [-0.25, -0.2) is 0 Å². The Morgan fingerprint density at radius 3 is 2.59 bits per heavy atom. The van der Waals surface area contributed by atoms with Crippen molar-refractivity contribution in [3.05, 3.63) is 54.3 Å². The van der Waals surface area contributed by atoms with E-state index in [4.69, 9.17) is 4.74 Å². The molecule has 2 aliphatic rings. The second-order valence-electron chi connectivity index (χ2n) is 4.74. The number of benzene rings is 1. The second-order valence-corrected chi connectivity index (χ2v) is 4.74. The number of hydrogen-bond donors (Lipinski definition) is 0. The predicted molar refractivity (Wildman–Crippen MR) is 78.4 cm³/mol. The molecular weight excluding hydrogens is 284 g/mol. The van der Waals surface area contributed by atoms with Gasteiger partial charge >= 0.3 is 0 Å². The predicted octanol–water partition coefficient (Wildman–Crippen LogP) is 1.34. The van der Waals surface area contributed by atoms with Crippen LogP contribution >= 0.6 is 0 Å². The van der Waals surface area contributed by atoms with E-state index >= 15 is 0 Å². The Bertz CT molecular complexity index is 744. The molecule has 1 aromatic rings. The number of carbonyl (C=O) groups excluding carboxylic acids is 3. The standard InChI is InChI=1S/C16H12N2O4/c1-22-11-7-5-10(6-8-11)14(19)13-15(20)17-12-4-2-3-9-18(12)16(13)21/h2-9,13H,1H3/t13-/m0/s1. The molecule has 2 aliphatic heterocycles. The molecule has 3 rings (SSSR count). The Labute approximate surface area is 126 Å².